The minimum absolute atomic E-state index is 0.237. The number of para-hydroxylation sites is 1. The Hall–Kier alpha value is -2.91. The molecule has 0 saturated carbocycles. The molecule has 2 aliphatic heterocycles. The molecule has 0 aliphatic carbocycles. The average molecular weight is 470 g/mol. The number of sulfone groups is 1. The Morgan fingerprint density at radius 3 is 2.70 bits per heavy atom. The maximum Gasteiger partial charge on any atom is 0.177 e. The number of anilines is 2. The quantitative estimate of drug-likeness (QED) is 0.514. The third kappa shape index (κ3) is 5.91. The highest BCUT2D eigenvalue weighted by Gasteiger charge is 2.25. The number of hydrogen-bond donors (Lipinski definition) is 3. The Morgan fingerprint density at radius 1 is 1.24 bits per heavy atom. The number of aromatic nitrogens is 1. The number of benzene rings is 1. The second-order valence-corrected chi connectivity index (χ2v) is 11.0. The molecule has 2 aliphatic rings. The van der Waals surface area contributed by atoms with Gasteiger partial charge in [0.05, 0.1) is 30.1 Å². The molecular formula is C24H31N5O3S. The Bertz CT molecular complexity index is 1140. The zero-order valence-electron chi connectivity index (χ0n) is 19.2. The molecule has 0 amide bonds. The Labute approximate surface area is 195 Å². The molecule has 4 rings (SSSR count). The molecule has 3 heterocycles. The number of aliphatic imine (C=N–C) groups is 1. The molecule has 1 unspecified atom stereocenters. The fourth-order valence-electron chi connectivity index (χ4n) is 3.91. The van der Waals surface area contributed by atoms with E-state index in [-0.39, 0.29) is 4.90 Å². The summed E-state index contributed by atoms with van der Waals surface area (Å²) < 4.78 is 29.5. The van der Waals surface area contributed by atoms with E-state index >= 15 is 0 Å². The van der Waals surface area contributed by atoms with Crippen molar-refractivity contribution in [2.75, 3.05) is 30.1 Å². The van der Waals surface area contributed by atoms with E-state index in [0.717, 1.165) is 19.6 Å². The average Bonchev–Trinajstić information content (AvgIpc) is 2.72. The lowest BCUT2D eigenvalue weighted by Gasteiger charge is -2.29. The number of hydrogen-bond acceptors (Lipinski definition) is 8. The molecule has 0 radical (unpaired) electrons. The van der Waals surface area contributed by atoms with Crippen LogP contribution in [0.25, 0.3) is 0 Å². The summed E-state index contributed by atoms with van der Waals surface area (Å²) in [6, 6.07) is 10.9. The molecule has 1 fully saturated rings. The fourth-order valence-corrected chi connectivity index (χ4v) is 4.75. The second kappa shape index (κ2) is 9.52. The lowest BCUT2D eigenvalue weighted by molar-refractivity contribution is -0.0367. The van der Waals surface area contributed by atoms with Gasteiger partial charge in [-0.1, -0.05) is 25.1 Å². The van der Waals surface area contributed by atoms with Gasteiger partial charge in [0.1, 0.15) is 11.6 Å². The second-order valence-electron chi connectivity index (χ2n) is 8.99. The van der Waals surface area contributed by atoms with Crippen LogP contribution in [-0.2, 0) is 14.6 Å². The van der Waals surface area contributed by atoms with Gasteiger partial charge in [0, 0.05) is 24.4 Å². The van der Waals surface area contributed by atoms with Crippen LogP contribution >= 0.6 is 0 Å². The molecule has 2 aromatic rings. The molecule has 33 heavy (non-hydrogen) atoms. The number of rotatable bonds is 9. The third-order valence-electron chi connectivity index (χ3n) is 5.99. The van der Waals surface area contributed by atoms with E-state index in [1.165, 1.54) is 18.2 Å². The van der Waals surface area contributed by atoms with E-state index in [1.54, 1.807) is 30.6 Å². The summed E-state index contributed by atoms with van der Waals surface area (Å²) in [6.07, 6.45) is 8.88. The molecule has 1 aromatic carbocycles. The summed E-state index contributed by atoms with van der Waals surface area (Å²) in [5.74, 6) is 2.50. The normalized spacial score (nSPS) is 21.5. The standard InChI is InChI=1S/C24H31N5O3S/c1-17(8-9-18-14-32-15-18)19-10-11-22(25-13-19)29-24(2)12-23(26-16-27-24)28-20-6-4-5-7-21(20)33(3,30)31/h4-7,10-13,16-18,28H,8-9,14-15H2,1-3H3,(H,25,29)(H,26,27)/t17-,24?/m0/s1. The number of pyridine rings is 1. The molecule has 176 valence electrons. The maximum atomic E-state index is 12.1. The van der Waals surface area contributed by atoms with E-state index in [0.29, 0.717) is 29.2 Å². The summed E-state index contributed by atoms with van der Waals surface area (Å²) in [5, 5.41) is 9.55. The summed E-state index contributed by atoms with van der Waals surface area (Å²) in [7, 11) is -3.36. The van der Waals surface area contributed by atoms with Crippen molar-refractivity contribution in [1.82, 2.24) is 10.3 Å². The van der Waals surface area contributed by atoms with Crippen molar-refractivity contribution < 1.29 is 13.2 Å². The molecule has 0 spiro atoms. The van der Waals surface area contributed by atoms with E-state index in [2.05, 4.69) is 38.9 Å². The minimum Gasteiger partial charge on any atom is -0.381 e. The van der Waals surface area contributed by atoms with Crippen molar-refractivity contribution in [3.8, 4) is 0 Å². The van der Waals surface area contributed by atoms with Gasteiger partial charge >= 0.3 is 0 Å². The van der Waals surface area contributed by atoms with Gasteiger partial charge in [-0.2, -0.15) is 0 Å². The van der Waals surface area contributed by atoms with Crippen LogP contribution in [0, 0.1) is 5.92 Å². The van der Waals surface area contributed by atoms with E-state index < -0.39 is 15.5 Å². The van der Waals surface area contributed by atoms with Crippen LogP contribution in [0.4, 0.5) is 11.5 Å². The monoisotopic (exact) mass is 469 g/mol. The first-order valence-corrected chi connectivity index (χ1v) is 13.0. The minimum atomic E-state index is -3.36. The van der Waals surface area contributed by atoms with Crippen molar-refractivity contribution in [2.24, 2.45) is 10.9 Å². The molecule has 1 saturated heterocycles. The Balaban J connectivity index is 1.42. The topological polar surface area (TPSA) is 105 Å². The fraction of sp³-hybridized carbons (Fsp3) is 0.417. The molecule has 9 heteroatoms. The lowest BCUT2D eigenvalue weighted by atomic mass is 9.92. The van der Waals surface area contributed by atoms with E-state index in [9.17, 15) is 8.42 Å². The molecule has 1 aromatic heterocycles. The van der Waals surface area contributed by atoms with Gasteiger partial charge in [0.15, 0.2) is 15.5 Å². The van der Waals surface area contributed by atoms with Gasteiger partial charge in [-0.25, -0.2) is 18.4 Å². The summed E-state index contributed by atoms with van der Waals surface area (Å²) in [4.78, 5) is 9.34. The largest absolute Gasteiger partial charge is 0.381 e. The van der Waals surface area contributed by atoms with Gasteiger partial charge in [0.25, 0.3) is 0 Å². The maximum absolute atomic E-state index is 12.1. The first-order valence-electron chi connectivity index (χ1n) is 11.1. The van der Waals surface area contributed by atoms with Crippen molar-refractivity contribution >= 4 is 27.7 Å². The van der Waals surface area contributed by atoms with Gasteiger partial charge in [-0.15, -0.1) is 0 Å². The Morgan fingerprint density at radius 2 is 2.03 bits per heavy atom. The third-order valence-corrected chi connectivity index (χ3v) is 7.14. The van der Waals surface area contributed by atoms with Crippen LogP contribution in [0.15, 0.2) is 64.4 Å². The van der Waals surface area contributed by atoms with Crippen LogP contribution < -0.4 is 16.0 Å². The molecule has 0 bridgehead atoms. The van der Waals surface area contributed by atoms with Crippen LogP contribution in [-0.4, -0.2) is 44.9 Å². The predicted octanol–water partition coefficient (Wildman–Crippen LogP) is 3.73. The summed E-state index contributed by atoms with van der Waals surface area (Å²) in [5.41, 5.74) is 0.967. The lowest BCUT2D eigenvalue weighted by Crippen LogP contribution is -2.38. The first kappa shape index (κ1) is 23.3. The summed E-state index contributed by atoms with van der Waals surface area (Å²) >= 11 is 0. The van der Waals surface area contributed by atoms with Gasteiger partial charge in [-0.05, 0) is 49.4 Å². The number of ether oxygens (including phenoxy) is 1. The Kier molecular flexibility index (Phi) is 6.71. The number of nitrogens with zero attached hydrogens (tertiary/aromatic N) is 2. The molecule has 3 N–H and O–H groups in total. The van der Waals surface area contributed by atoms with E-state index in [4.69, 9.17) is 4.74 Å². The SMILES string of the molecule is C[C@@H](CCC1COC1)c1ccc(NC2(C)C=C(Nc3ccccc3S(C)(=O)=O)NC=N2)nc1. The highest BCUT2D eigenvalue weighted by atomic mass is 32.2. The smallest absolute Gasteiger partial charge is 0.177 e. The highest BCUT2D eigenvalue weighted by Crippen LogP contribution is 2.27. The molecular weight excluding hydrogens is 438 g/mol. The van der Waals surface area contributed by atoms with Gasteiger partial charge in [-0.3, -0.25) is 0 Å². The van der Waals surface area contributed by atoms with Crippen molar-refractivity contribution in [3.63, 3.8) is 0 Å². The van der Waals surface area contributed by atoms with Gasteiger partial charge in [0.2, 0.25) is 0 Å². The zero-order valence-corrected chi connectivity index (χ0v) is 20.0. The zero-order chi connectivity index (χ0) is 23.5. The van der Waals surface area contributed by atoms with Gasteiger partial charge < -0.3 is 20.7 Å². The van der Waals surface area contributed by atoms with Crippen molar-refractivity contribution in [1.29, 1.82) is 0 Å². The van der Waals surface area contributed by atoms with Crippen LogP contribution in [0.1, 0.15) is 38.2 Å². The molecule has 2 atom stereocenters. The van der Waals surface area contributed by atoms with E-state index in [1.807, 2.05) is 25.3 Å². The first-order chi connectivity index (χ1) is 15.7. The predicted molar refractivity (Wildman–Crippen MR) is 131 cm³/mol. The summed E-state index contributed by atoms with van der Waals surface area (Å²) in [6.45, 7) is 5.95. The highest BCUT2D eigenvalue weighted by molar-refractivity contribution is 7.90. The number of nitrogens with one attached hydrogen (secondary N) is 3. The van der Waals surface area contributed by atoms with Crippen molar-refractivity contribution in [2.45, 2.75) is 43.2 Å². The molecule has 8 nitrogen and oxygen atoms in total. The van der Waals surface area contributed by atoms with Crippen molar-refractivity contribution in [3.05, 3.63) is 60.1 Å². The van der Waals surface area contributed by atoms with Crippen LogP contribution in [0.3, 0.4) is 0 Å². The van der Waals surface area contributed by atoms with Crippen LogP contribution in [0.5, 0.6) is 0 Å². The van der Waals surface area contributed by atoms with Crippen LogP contribution in [0.2, 0.25) is 0 Å².